The number of carbonyl (C=O) groups is 1. The molecule has 0 aliphatic carbocycles. The summed E-state index contributed by atoms with van der Waals surface area (Å²) in [5.74, 6) is -0.435. The summed E-state index contributed by atoms with van der Waals surface area (Å²) in [5, 5.41) is 2.66. The van der Waals surface area contributed by atoms with Crippen LogP contribution in [0.3, 0.4) is 0 Å². The van der Waals surface area contributed by atoms with E-state index in [4.69, 9.17) is 13.8 Å². The van der Waals surface area contributed by atoms with Crippen molar-refractivity contribution in [1.82, 2.24) is 5.32 Å². The van der Waals surface area contributed by atoms with E-state index in [1.807, 2.05) is 42.5 Å². The van der Waals surface area contributed by atoms with Gasteiger partial charge in [-0.25, -0.2) is 9.36 Å². The quantitative estimate of drug-likeness (QED) is 0.366. The van der Waals surface area contributed by atoms with Gasteiger partial charge >= 0.3 is 13.7 Å². The largest absolute Gasteiger partial charge is 0.457 e. The molecule has 0 saturated heterocycles. The Morgan fingerprint density at radius 3 is 1.73 bits per heavy atom. The van der Waals surface area contributed by atoms with Crippen molar-refractivity contribution >= 4 is 19.8 Å². The SMILES string of the molecule is CC(C)(C)OC(=O)NC(/C=C/c1ccccc1)P(=O)(Oc1ccccc1)Oc1ccccc1. The molecule has 6 nitrogen and oxygen atoms in total. The molecule has 3 aromatic rings. The van der Waals surface area contributed by atoms with Gasteiger partial charge in [-0.2, -0.15) is 0 Å². The molecular formula is C26H28NO5P. The first-order valence-electron chi connectivity index (χ1n) is 10.6. The van der Waals surface area contributed by atoms with E-state index in [1.165, 1.54) is 0 Å². The summed E-state index contributed by atoms with van der Waals surface area (Å²) < 4.78 is 31.4. The zero-order chi connectivity index (χ0) is 23.7. The van der Waals surface area contributed by atoms with Crippen LogP contribution >= 0.6 is 7.60 Å². The predicted octanol–water partition coefficient (Wildman–Crippen LogP) is 6.90. The lowest BCUT2D eigenvalue weighted by Crippen LogP contribution is -2.39. The Kier molecular flexibility index (Phi) is 7.96. The van der Waals surface area contributed by atoms with Gasteiger partial charge in [0.25, 0.3) is 0 Å². The number of nitrogens with one attached hydrogen (secondary N) is 1. The monoisotopic (exact) mass is 465 g/mol. The minimum absolute atomic E-state index is 0.348. The molecule has 0 spiro atoms. The maximum Gasteiger partial charge on any atom is 0.457 e. The molecule has 0 bridgehead atoms. The minimum Gasteiger partial charge on any atom is -0.444 e. The molecule has 3 aromatic carbocycles. The van der Waals surface area contributed by atoms with Gasteiger partial charge in [0.15, 0.2) is 5.78 Å². The van der Waals surface area contributed by atoms with Crippen molar-refractivity contribution in [2.75, 3.05) is 0 Å². The van der Waals surface area contributed by atoms with Crippen LogP contribution in [0.5, 0.6) is 11.5 Å². The highest BCUT2D eigenvalue weighted by molar-refractivity contribution is 7.55. The number of carbonyl (C=O) groups excluding carboxylic acids is 1. The average molecular weight is 465 g/mol. The van der Waals surface area contributed by atoms with E-state index in [9.17, 15) is 9.36 Å². The number of para-hydroxylation sites is 2. The fourth-order valence-corrected chi connectivity index (χ4v) is 4.47. The normalized spacial score (nSPS) is 12.7. The molecular weight excluding hydrogens is 437 g/mol. The molecule has 0 aromatic heterocycles. The van der Waals surface area contributed by atoms with Crippen molar-refractivity contribution in [3.05, 3.63) is 103 Å². The third-order valence-electron chi connectivity index (χ3n) is 4.23. The molecule has 0 fully saturated rings. The van der Waals surface area contributed by atoms with Crippen LogP contribution in [0.1, 0.15) is 26.3 Å². The molecule has 1 unspecified atom stereocenters. The highest BCUT2D eigenvalue weighted by Gasteiger charge is 2.40. The van der Waals surface area contributed by atoms with E-state index in [0.717, 1.165) is 5.56 Å². The van der Waals surface area contributed by atoms with Crippen LogP contribution in [0.25, 0.3) is 6.08 Å². The Balaban J connectivity index is 1.99. The van der Waals surface area contributed by atoms with E-state index < -0.39 is 25.1 Å². The predicted molar refractivity (Wildman–Crippen MR) is 130 cm³/mol. The Morgan fingerprint density at radius 2 is 1.27 bits per heavy atom. The van der Waals surface area contributed by atoms with Crippen molar-refractivity contribution in [2.24, 2.45) is 0 Å². The van der Waals surface area contributed by atoms with Crippen LogP contribution in [0.2, 0.25) is 0 Å². The zero-order valence-corrected chi connectivity index (χ0v) is 19.8. The summed E-state index contributed by atoms with van der Waals surface area (Å²) in [5.41, 5.74) is 0.127. The smallest absolute Gasteiger partial charge is 0.444 e. The van der Waals surface area contributed by atoms with Crippen molar-refractivity contribution in [2.45, 2.75) is 32.2 Å². The second-order valence-corrected chi connectivity index (χ2v) is 10.2. The number of rotatable bonds is 8. The molecule has 0 heterocycles. The second-order valence-electron chi connectivity index (χ2n) is 8.21. The van der Waals surface area contributed by atoms with Gasteiger partial charge in [0, 0.05) is 0 Å². The number of benzene rings is 3. The number of amides is 1. The number of hydrogen-bond donors (Lipinski definition) is 1. The van der Waals surface area contributed by atoms with Gasteiger partial charge in [-0.15, -0.1) is 0 Å². The third-order valence-corrected chi connectivity index (χ3v) is 6.14. The molecule has 172 valence electrons. The summed E-state index contributed by atoms with van der Waals surface area (Å²) in [6, 6.07) is 26.8. The van der Waals surface area contributed by atoms with Crippen LogP contribution in [0.4, 0.5) is 4.79 Å². The second kappa shape index (κ2) is 10.9. The van der Waals surface area contributed by atoms with Gasteiger partial charge in [-0.05, 0) is 56.7 Å². The van der Waals surface area contributed by atoms with Gasteiger partial charge in [0.05, 0.1) is 0 Å². The lowest BCUT2D eigenvalue weighted by atomic mass is 10.2. The Labute approximate surface area is 194 Å². The van der Waals surface area contributed by atoms with E-state index in [2.05, 4.69) is 5.32 Å². The Morgan fingerprint density at radius 1 is 0.818 bits per heavy atom. The lowest BCUT2D eigenvalue weighted by Gasteiger charge is -2.27. The number of alkyl carbamates (subject to hydrolysis) is 1. The van der Waals surface area contributed by atoms with E-state index in [0.29, 0.717) is 11.5 Å². The first kappa shape index (κ1) is 24.1. The van der Waals surface area contributed by atoms with Crippen molar-refractivity contribution in [3.63, 3.8) is 0 Å². The summed E-state index contributed by atoms with van der Waals surface area (Å²) in [4.78, 5) is 12.6. The van der Waals surface area contributed by atoms with Crippen molar-refractivity contribution in [1.29, 1.82) is 0 Å². The van der Waals surface area contributed by atoms with Crippen LogP contribution in [-0.2, 0) is 9.30 Å². The first-order chi connectivity index (χ1) is 15.7. The highest BCUT2D eigenvalue weighted by atomic mass is 31.2. The van der Waals surface area contributed by atoms with Crippen LogP contribution in [0.15, 0.2) is 97.1 Å². The molecule has 1 atom stereocenters. The van der Waals surface area contributed by atoms with Crippen LogP contribution in [0, 0.1) is 0 Å². The molecule has 1 N–H and O–H groups in total. The Bertz CT molecular complexity index is 1050. The molecule has 33 heavy (non-hydrogen) atoms. The van der Waals surface area contributed by atoms with Crippen LogP contribution < -0.4 is 14.4 Å². The fraction of sp³-hybridized carbons (Fsp3) is 0.192. The summed E-state index contributed by atoms with van der Waals surface area (Å²) >= 11 is 0. The summed E-state index contributed by atoms with van der Waals surface area (Å²) in [6.45, 7) is 5.26. The summed E-state index contributed by atoms with van der Waals surface area (Å²) in [6.07, 6.45) is 2.60. The van der Waals surface area contributed by atoms with Crippen molar-refractivity contribution < 1.29 is 23.1 Å². The molecule has 0 radical (unpaired) electrons. The maximum atomic E-state index is 14.2. The number of hydrogen-bond acceptors (Lipinski definition) is 5. The van der Waals surface area contributed by atoms with E-state index in [-0.39, 0.29) is 0 Å². The van der Waals surface area contributed by atoms with Gasteiger partial charge in [0.1, 0.15) is 17.1 Å². The minimum atomic E-state index is -4.03. The maximum absolute atomic E-state index is 14.2. The van der Waals surface area contributed by atoms with E-state index >= 15 is 0 Å². The standard InChI is InChI=1S/C26H28NO5P/c1-26(2,3)30-25(28)27-24(20-19-21-13-7-4-8-14-21)33(29,31-22-15-9-5-10-16-22)32-23-17-11-6-12-18-23/h4-20,24H,1-3H3,(H,27,28)/b20-19+. The highest BCUT2D eigenvalue weighted by Crippen LogP contribution is 2.52. The van der Waals surface area contributed by atoms with Gasteiger partial charge < -0.3 is 19.1 Å². The van der Waals surface area contributed by atoms with Gasteiger partial charge in [-0.3, -0.25) is 0 Å². The first-order valence-corrected chi connectivity index (χ1v) is 12.2. The third kappa shape index (κ3) is 7.85. The molecule has 0 saturated carbocycles. The zero-order valence-electron chi connectivity index (χ0n) is 18.9. The van der Waals surface area contributed by atoms with E-state index in [1.54, 1.807) is 81.5 Å². The summed E-state index contributed by atoms with van der Waals surface area (Å²) in [7, 11) is -4.03. The Hall–Kier alpha value is -3.50. The molecule has 1 amide bonds. The molecule has 0 aliphatic heterocycles. The lowest BCUT2D eigenvalue weighted by molar-refractivity contribution is 0.0523. The topological polar surface area (TPSA) is 73.9 Å². The molecule has 0 aliphatic rings. The van der Waals surface area contributed by atoms with Gasteiger partial charge in [0.2, 0.25) is 0 Å². The van der Waals surface area contributed by atoms with Crippen LogP contribution in [-0.4, -0.2) is 17.5 Å². The fourth-order valence-electron chi connectivity index (χ4n) is 2.82. The van der Waals surface area contributed by atoms with Crippen molar-refractivity contribution in [3.8, 4) is 11.5 Å². The average Bonchev–Trinajstić information content (AvgIpc) is 2.77. The molecule has 3 rings (SSSR count). The number of ether oxygens (including phenoxy) is 1. The van der Waals surface area contributed by atoms with Gasteiger partial charge in [-0.1, -0.05) is 72.8 Å². The molecule has 7 heteroatoms.